The molecule has 4 nitrogen and oxygen atoms in total. The fraction of sp³-hybridized carbons (Fsp3) is 0.588. The predicted molar refractivity (Wildman–Crippen MR) is 85.3 cm³/mol. The number of carbonyl (C=O) groups is 1. The fourth-order valence-corrected chi connectivity index (χ4v) is 3.74. The highest BCUT2D eigenvalue weighted by molar-refractivity contribution is 5.82. The van der Waals surface area contributed by atoms with Crippen LogP contribution in [0.3, 0.4) is 0 Å². The summed E-state index contributed by atoms with van der Waals surface area (Å²) < 4.78 is 0. The van der Waals surface area contributed by atoms with E-state index in [0.29, 0.717) is 12.5 Å². The summed E-state index contributed by atoms with van der Waals surface area (Å²) in [5.74, 6) is 1.48. The van der Waals surface area contributed by atoms with Crippen molar-refractivity contribution in [3.8, 4) is 0 Å². The smallest absolute Gasteiger partial charge is 0.237 e. The lowest BCUT2D eigenvalue weighted by Crippen LogP contribution is -2.45. The number of amides is 1. The number of benzene rings is 1. The van der Waals surface area contributed by atoms with E-state index in [2.05, 4.69) is 34.7 Å². The van der Waals surface area contributed by atoms with Crippen molar-refractivity contribution in [2.24, 2.45) is 11.8 Å². The standard InChI is InChI=1S/C17H25N3O/c1-20(14-7-3-2-4-8-14)11-10-18-17(21)16-15-9-5-6-13(15)12-19-16/h2-4,7-8,13,15-16,19H,5-6,9-12H2,1H3,(H,18,21). The van der Waals surface area contributed by atoms with Crippen LogP contribution in [-0.4, -0.2) is 38.6 Å². The van der Waals surface area contributed by atoms with Gasteiger partial charge in [0.1, 0.15) is 0 Å². The van der Waals surface area contributed by atoms with Gasteiger partial charge in [-0.1, -0.05) is 24.6 Å². The molecule has 1 amide bonds. The van der Waals surface area contributed by atoms with Crippen LogP contribution < -0.4 is 15.5 Å². The van der Waals surface area contributed by atoms with Gasteiger partial charge >= 0.3 is 0 Å². The molecule has 0 bridgehead atoms. The van der Waals surface area contributed by atoms with E-state index >= 15 is 0 Å². The van der Waals surface area contributed by atoms with Crippen LogP contribution in [0.15, 0.2) is 30.3 Å². The van der Waals surface area contributed by atoms with Crippen molar-refractivity contribution < 1.29 is 4.79 Å². The Labute approximate surface area is 126 Å². The summed E-state index contributed by atoms with van der Waals surface area (Å²) in [6, 6.07) is 10.3. The molecule has 3 rings (SSSR count). The van der Waals surface area contributed by atoms with E-state index in [0.717, 1.165) is 19.0 Å². The summed E-state index contributed by atoms with van der Waals surface area (Å²) in [5.41, 5.74) is 1.18. The summed E-state index contributed by atoms with van der Waals surface area (Å²) in [6.45, 7) is 2.54. The normalized spacial score (nSPS) is 27.4. The molecule has 1 heterocycles. The van der Waals surface area contributed by atoms with Gasteiger partial charge in [-0.25, -0.2) is 0 Å². The van der Waals surface area contributed by atoms with Gasteiger partial charge in [0.2, 0.25) is 5.91 Å². The molecule has 2 aliphatic rings. The zero-order valence-corrected chi connectivity index (χ0v) is 12.7. The third-order valence-electron chi connectivity index (χ3n) is 4.97. The molecular formula is C17H25N3O. The molecule has 1 saturated carbocycles. The van der Waals surface area contributed by atoms with Crippen LogP contribution in [0.2, 0.25) is 0 Å². The van der Waals surface area contributed by atoms with Crippen molar-refractivity contribution in [3.05, 3.63) is 30.3 Å². The second-order valence-corrected chi connectivity index (χ2v) is 6.29. The SMILES string of the molecule is CN(CCNC(=O)C1NCC2CCCC21)c1ccccc1. The number of carbonyl (C=O) groups excluding carboxylic acids is 1. The Bertz CT molecular complexity index is 476. The first kappa shape index (κ1) is 14.4. The van der Waals surface area contributed by atoms with E-state index in [-0.39, 0.29) is 11.9 Å². The Balaban J connectivity index is 1.44. The Kier molecular flexibility index (Phi) is 4.44. The van der Waals surface area contributed by atoms with E-state index in [1.54, 1.807) is 0 Å². The highest BCUT2D eigenvalue weighted by Crippen LogP contribution is 2.37. The lowest BCUT2D eigenvalue weighted by Gasteiger charge is -2.21. The maximum Gasteiger partial charge on any atom is 0.237 e. The monoisotopic (exact) mass is 287 g/mol. The lowest BCUT2D eigenvalue weighted by molar-refractivity contribution is -0.123. The number of likely N-dealkylation sites (N-methyl/N-ethyl adjacent to an activating group) is 1. The Hall–Kier alpha value is -1.55. The first-order chi connectivity index (χ1) is 10.3. The third-order valence-corrected chi connectivity index (χ3v) is 4.97. The molecule has 0 radical (unpaired) electrons. The molecule has 0 aromatic heterocycles. The van der Waals surface area contributed by atoms with Crippen LogP contribution in [0.5, 0.6) is 0 Å². The number of hydrogen-bond donors (Lipinski definition) is 2. The van der Waals surface area contributed by atoms with Gasteiger partial charge in [0, 0.05) is 25.8 Å². The molecule has 1 aliphatic carbocycles. The van der Waals surface area contributed by atoms with Crippen LogP contribution in [0.4, 0.5) is 5.69 Å². The number of fused-ring (bicyclic) bond motifs is 1. The van der Waals surface area contributed by atoms with Gasteiger partial charge in [-0.05, 0) is 43.4 Å². The number of anilines is 1. The molecule has 1 saturated heterocycles. The van der Waals surface area contributed by atoms with Crippen LogP contribution in [0, 0.1) is 11.8 Å². The minimum atomic E-state index is 0.0412. The van der Waals surface area contributed by atoms with E-state index in [1.807, 2.05) is 18.2 Å². The molecule has 2 N–H and O–H groups in total. The summed E-state index contributed by atoms with van der Waals surface area (Å²) >= 11 is 0. The average molecular weight is 287 g/mol. The maximum atomic E-state index is 12.3. The molecule has 4 heteroatoms. The van der Waals surface area contributed by atoms with E-state index in [9.17, 15) is 4.79 Å². The van der Waals surface area contributed by atoms with Crippen molar-refractivity contribution in [3.63, 3.8) is 0 Å². The minimum Gasteiger partial charge on any atom is -0.373 e. The lowest BCUT2D eigenvalue weighted by atomic mass is 9.94. The van der Waals surface area contributed by atoms with Gasteiger partial charge in [0.25, 0.3) is 0 Å². The third kappa shape index (κ3) is 3.21. The zero-order chi connectivity index (χ0) is 14.7. The molecule has 3 atom stereocenters. The second-order valence-electron chi connectivity index (χ2n) is 6.29. The second kappa shape index (κ2) is 6.48. The molecule has 1 aliphatic heterocycles. The molecule has 21 heavy (non-hydrogen) atoms. The first-order valence-corrected chi connectivity index (χ1v) is 8.03. The largest absolute Gasteiger partial charge is 0.373 e. The fourth-order valence-electron chi connectivity index (χ4n) is 3.74. The molecule has 2 fully saturated rings. The zero-order valence-electron chi connectivity index (χ0n) is 12.7. The van der Waals surface area contributed by atoms with Crippen molar-refractivity contribution in [2.45, 2.75) is 25.3 Å². The molecular weight excluding hydrogens is 262 g/mol. The average Bonchev–Trinajstić information content (AvgIpc) is 3.10. The first-order valence-electron chi connectivity index (χ1n) is 8.03. The van der Waals surface area contributed by atoms with Crippen LogP contribution in [0.25, 0.3) is 0 Å². The van der Waals surface area contributed by atoms with Crippen molar-refractivity contribution in [2.75, 3.05) is 31.6 Å². The summed E-state index contributed by atoms with van der Waals surface area (Å²) in [4.78, 5) is 14.5. The Morgan fingerprint density at radius 1 is 1.33 bits per heavy atom. The topological polar surface area (TPSA) is 44.4 Å². The van der Waals surface area contributed by atoms with Gasteiger partial charge in [-0.15, -0.1) is 0 Å². The van der Waals surface area contributed by atoms with Crippen molar-refractivity contribution >= 4 is 11.6 Å². The Morgan fingerprint density at radius 2 is 2.14 bits per heavy atom. The summed E-state index contributed by atoms with van der Waals surface area (Å²) in [7, 11) is 2.06. The van der Waals surface area contributed by atoms with Gasteiger partial charge in [-0.2, -0.15) is 0 Å². The Morgan fingerprint density at radius 3 is 2.95 bits per heavy atom. The highest BCUT2D eigenvalue weighted by atomic mass is 16.2. The molecule has 1 aromatic rings. The maximum absolute atomic E-state index is 12.3. The summed E-state index contributed by atoms with van der Waals surface area (Å²) in [5, 5.41) is 6.50. The van der Waals surface area contributed by atoms with Gasteiger partial charge in [-0.3, -0.25) is 4.79 Å². The molecule has 3 unspecified atom stereocenters. The van der Waals surface area contributed by atoms with Gasteiger partial charge < -0.3 is 15.5 Å². The number of para-hydroxylation sites is 1. The van der Waals surface area contributed by atoms with Crippen LogP contribution in [-0.2, 0) is 4.79 Å². The van der Waals surface area contributed by atoms with Gasteiger partial charge in [0.05, 0.1) is 6.04 Å². The van der Waals surface area contributed by atoms with Crippen LogP contribution >= 0.6 is 0 Å². The van der Waals surface area contributed by atoms with E-state index in [4.69, 9.17) is 0 Å². The number of nitrogens with one attached hydrogen (secondary N) is 2. The van der Waals surface area contributed by atoms with Crippen molar-refractivity contribution in [1.82, 2.24) is 10.6 Å². The highest BCUT2D eigenvalue weighted by Gasteiger charge is 2.42. The number of nitrogens with zero attached hydrogens (tertiary/aromatic N) is 1. The minimum absolute atomic E-state index is 0.0412. The number of rotatable bonds is 5. The van der Waals surface area contributed by atoms with E-state index < -0.39 is 0 Å². The van der Waals surface area contributed by atoms with Gasteiger partial charge in [0.15, 0.2) is 0 Å². The van der Waals surface area contributed by atoms with E-state index in [1.165, 1.54) is 24.9 Å². The van der Waals surface area contributed by atoms with Crippen molar-refractivity contribution in [1.29, 1.82) is 0 Å². The molecule has 114 valence electrons. The molecule has 1 aromatic carbocycles. The quantitative estimate of drug-likeness (QED) is 0.865. The predicted octanol–water partition coefficient (Wildman–Crippen LogP) is 1.63. The number of hydrogen-bond acceptors (Lipinski definition) is 3. The molecule has 0 spiro atoms. The summed E-state index contributed by atoms with van der Waals surface area (Å²) in [6.07, 6.45) is 3.79. The van der Waals surface area contributed by atoms with Crippen LogP contribution in [0.1, 0.15) is 19.3 Å².